The highest BCUT2D eigenvalue weighted by atomic mass is 16.2. The molecule has 0 unspecified atom stereocenters. The van der Waals surface area contributed by atoms with Crippen LogP contribution < -0.4 is 11.1 Å². The van der Waals surface area contributed by atoms with Crippen LogP contribution >= 0.6 is 0 Å². The normalized spacial score (nSPS) is 10.4. The Balaban J connectivity index is 2.73. The van der Waals surface area contributed by atoms with Gasteiger partial charge in [0.15, 0.2) is 0 Å². The molecular formula is C9H9N3O2. The summed E-state index contributed by atoms with van der Waals surface area (Å²) in [5, 5.41) is 0. The van der Waals surface area contributed by atoms with Crippen molar-refractivity contribution < 1.29 is 0 Å². The summed E-state index contributed by atoms with van der Waals surface area (Å²) in [7, 11) is 1.63. The van der Waals surface area contributed by atoms with Crippen LogP contribution in [0.1, 0.15) is 0 Å². The number of hydrogen-bond acceptors (Lipinski definition) is 2. The second-order valence-electron chi connectivity index (χ2n) is 2.96. The Labute approximate surface area is 79.2 Å². The summed E-state index contributed by atoms with van der Waals surface area (Å²) < 4.78 is 2.71. The second kappa shape index (κ2) is 3.02. The first-order chi connectivity index (χ1) is 6.70. The number of nitrogens with one attached hydrogen (secondary N) is 1. The van der Waals surface area contributed by atoms with Crippen molar-refractivity contribution in [2.75, 3.05) is 0 Å². The number of aromatic amines is 1. The highest BCUT2D eigenvalue weighted by Crippen LogP contribution is 1.94. The number of imidazole rings is 1. The van der Waals surface area contributed by atoms with Gasteiger partial charge in [-0.2, -0.15) is 0 Å². The average Bonchev–Trinajstić information content (AvgIpc) is 2.49. The summed E-state index contributed by atoms with van der Waals surface area (Å²) in [4.78, 5) is 25.7. The maximum atomic E-state index is 11.5. The van der Waals surface area contributed by atoms with E-state index < -0.39 is 0 Å². The third-order valence-corrected chi connectivity index (χ3v) is 2.01. The molecule has 2 aromatic heterocycles. The van der Waals surface area contributed by atoms with Crippen LogP contribution in [0.15, 0.2) is 40.4 Å². The van der Waals surface area contributed by atoms with Crippen molar-refractivity contribution in [3.8, 4) is 5.69 Å². The van der Waals surface area contributed by atoms with Crippen LogP contribution in [-0.4, -0.2) is 14.1 Å². The van der Waals surface area contributed by atoms with E-state index in [-0.39, 0.29) is 11.1 Å². The Morgan fingerprint density at radius 2 is 2.07 bits per heavy atom. The van der Waals surface area contributed by atoms with Gasteiger partial charge < -0.3 is 9.55 Å². The highest BCUT2D eigenvalue weighted by molar-refractivity contribution is 5.27. The molecule has 0 amide bonds. The Bertz CT molecular complexity index is 562. The molecule has 72 valence electrons. The Kier molecular flexibility index (Phi) is 1.85. The van der Waals surface area contributed by atoms with Crippen molar-refractivity contribution in [3.05, 3.63) is 51.6 Å². The van der Waals surface area contributed by atoms with Crippen LogP contribution in [0.4, 0.5) is 0 Å². The molecule has 1 N–H and O–H groups in total. The zero-order valence-electron chi connectivity index (χ0n) is 7.60. The van der Waals surface area contributed by atoms with E-state index in [1.165, 1.54) is 27.6 Å². The topological polar surface area (TPSA) is 59.8 Å². The molecule has 0 atom stereocenters. The van der Waals surface area contributed by atoms with E-state index in [2.05, 4.69) is 4.98 Å². The molecular weight excluding hydrogens is 182 g/mol. The molecule has 5 nitrogen and oxygen atoms in total. The van der Waals surface area contributed by atoms with Crippen LogP contribution in [0.3, 0.4) is 0 Å². The lowest BCUT2D eigenvalue weighted by atomic mass is 10.4. The predicted molar refractivity (Wildman–Crippen MR) is 51.6 cm³/mol. The van der Waals surface area contributed by atoms with E-state index in [1.807, 2.05) is 0 Å². The van der Waals surface area contributed by atoms with Gasteiger partial charge in [0.25, 0.3) is 0 Å². The van der Waals surface area contributed by atoms with Crippen molar-refractivity contribution in [2.24, 2.45) is 7.05 Å². The van der Waals surface area contributed by atoms with Gasteiger partial charge >= 0.3 is 5.69 Å². The van der Waals surface area contributed by atoms with Crippen LogP contribution in [0.2, 0.25) is 0 Å². The molecule has 0 aromatic carbocycles. The van der Waals surface area contributed by atoms with E-state index in [1.54, 1.807) is 19.4 Å². The van der Waals surface area contributed by atoms with Gasteiger partial charge in [0.1, 0.15) is 5.69 Å². The number of aryl methyl sites for hydroxylation is 1. The molecule has 0 aliphatic heterocycles. The van der Waals surface area contributed by atoms with Crippen LogP contribution in [-0.2, 0) is 7.05 Å². The molecule has 2 heterocycles. The number of rotatable bonds is 1. The van der Waals surface area contributed by atoms with Crippen molar-refractivity contribution in [1.29, 1.82) is 0 Å². The van der Waals surface area contributed by atoms with Crippen LogP contribution in [0, 0.1) is 0 Å². The van der Waals surface area contributed by atoms with Gasteiger partial charge in [-0.15, -0.1) is 0 Å². The monoisotopic (exact) mass is 191 g/mol. The van der Waals surface area contributed by atoms with Crippen molar-refractivity contribution in [3.63, 3.8) is 0 Å². The lowest BCUT2D eigenvalue weighted by molar-refractivity contribution is 0.820. The minimum Gasteiger partial charge on any atom is -0.366 e. The van der Waals surface area contributed by atoms with Gasteiger partial charge in [0.2, 0.25) is 5.43 Å². The van der Waals surface area contributed by atoms with Gasteiger partial charge in [-0.3, -0.25) is 9.36 Å². The highest BCUT2D eigenvalue weighted by Gasteiger charge is 2.04. The van der Waals surface area contributed by atoms with Gasteiger partial charge in [-0.05, 0) is 0 Å². The summed E-state index contributed by atoms with van der Waals surface area (Å²) in [6.07, 6.45) is 6.20. The van der Waals surface area contributed by atoms with E-state index >= 15 is 0 Å². The Hall–Kier alpha value is -2.04. The molecule has 2 aromatic rings. The number of pyridine rings is 1. The third-order valence-electron chi connectivity index (χ3n) is 2.01. The van der Waals surface area contributed by atoms with Crippen LogP contribution in [0.5, 0.6) is 0 Å². The largest absolute Gasteiger partial charge is 0.366 e. The van der Waals surface area contributed by atoms with Gasteiger partial charge in [0.05, 0.1) is 0 Å². The van der Waals surface area contributed by atoms with Gasteiger partial charge in [-0.25, -0.2) is 4.79 Å². The van der Waals surface area contributed by atoms with Crippen molar-refractivity contribution in [1.82, 2.24) is 14.1 Å². The van der Waals surface area contributed by atoms with Gasteiger partial charge in [0, 0.05) is 37.9 Å². The molecule has 0 aliphatic rings. The first-order valence-electron chi connectivity index (χ1n) is 4.11. The SMILES string of the molecule is Cn1ccn(-c2c[nH]ccc2=O)c1=O. The Morgan fingerprint density at radius 1 is 1.29 bits per heavy atom. The van der Waals surface area contributed by atoms with E-state index in [9.17, 15) is 9.59 Å². The van der Waals surface area contributed by atoms with E-state index in [4.69, 9.17) is 0 Å². The number of aromatic nitrogens is 3. The molecule has 5 heteroatoms. The molecule has 0 saturated carbocycles. The lowest BCUT2D eigenvalue weighted by Gasteiger charge is -1.97. The standard InChI is InChI=1S/C9H9N3O2/c1-11-4-5-12(9(11)14)7-6-10-3-2-8(7)13/h2-6H,1H3,(H,10,13). The van der Waals surface area contributed by atoms with Crippen molar-refractivity contribution >= 4 is 0 Å². The average molecular weight is 191 g/mol. The van der Waals surface area contributed by atoms with E-state index in [0.29, 0.717) is 5.69 Å². The molecule has 2 rings (SSSR count). The van der Waals surface area contributed by atoms with E-state index in [0.717, 1.165) is 0 Å². The molecule has 0 aliphatic carbocycles. The number of hydrogen-bond donors (Lipinski definition) is 1. The molecule has 0 fully saturated rings. The fourth-order valence-corrected chi connectivity index (χ4v) is 1.24. The maximum Gasteiger partial charge on any atom is 0.332 e. The minimum absolute atomic E-state index is 0.183. The lowest BCUT2D eigenvalue weighted by Crippen LogP contribution is -2.24. The second-order valence-corrected chi connectivity index (χ2v) is 2.96. The zero-order chi connectivity index (χ0) is 10.1. The number of H-pyrrole nitrogens is 1. The summed E-state index contributed by atoms with van der Waals surface area (Å²) in [6.45, 7) is 0. The quantitative estimate of drug-likeness (QED) is 0.682. The maximum absolute atomic E-state index is 11.5. The first-order valence-corrected chi connectivity index (χ1v) is 4.11. The summed E-state index contributed by atoms with van der Waals surface area (Å²) in [5.74, 6) is 0. The van der Waals surface area contributed by atoms with Crippen molar-refractivity contribution in [2.45, 2.75) is 0 Å². The summed E-state index contributed by atoms with van der Waals surface area (Å²) >= 11 is 0. The minimum atomic E-state index is -0.235. The number of nitrogens with zero attached hydrogens (tertiary/aromatic N) is 2. The zero-order valence-corrected chi connectivity index (χ0v) is 7.60. The molecule has 0 saturated heterocycles. The van der Waals surface area contributed by atoms with Gasteiger partial charge in [-0.1, -0.05) is 0 Å². The Morgan fingerprint density at radius 3 is 2.64 bits per heavy atom. The smallest absolute Gasteiger partial charge is 0.332 e. The fourth-order valence-electron chi connectivity index (χ4n) is 1.24. The molecule has 0 bridgehead atoms. The predicted octanol–water partition coefficient (Wildman–Crippen LogP) is -0.136. The summed E-state index contributed by atoms with van der Waals surface area (Å²) in [6, 6.07) is 1.38. The van der Waals surface area contributed by atoms with Crippen LogP contribution in [0.25, 0.3) is 5.69 Å². The molecule has 0 spiro atoms. The summed E-state index contributed by atoms with van der Waals surface area (Å²) in [5.41, 5.74) is -0.0862. The molecule has 0 radical (unpaired) electrons. The third kappa shape index (κ3) is 1.19. The molecule has 14 heavy (non-hydrogen) atoms. The fraction of sp³-hybridized carbons (Fsp3) is 0.111. The first kappa shape index (κ1) is 8.55.